The molecule has 6 nitrogen and oxygen atoms in total. The molecule has 0 fully saturated rings. The highest BCUT2D eigenvalue weighted by atomic mass is 16.5. The summed E-state index contributed by atoms with van der Waals surface area (Å²) >= 11 is 0. The van der Waals surface area contributed by atoms with Gasteiger partial charge in [0.05, 0.1) is 13.7 Å². The molecule has 0 saturated heterocycles. The first kappa shape index (κ1) is 18.0. The molecule has 26 heavy (non-hydrogen) atoms. The van der Waals surface area contributed by atoms with Gasteiger partial charge in [0.15, 0.2) is 0 Å². The minimum Gasteiger partial charge on any atom is -0.496 e. The van der Waals surface area contributed by atoms with Crippen LogP contribution in [0.15, 0.2) is 42.6 Å². The molecule has 1 aliphatic rings. The third-order valence-corrected chi connectivity index (χ3v) is 4.57. The van der Waals surface area contributed by atoms with Crippen LogP contribution in [0.3, 0.4) is 0 Å². The molecule has 1 aromatic heterocycles. The van der Waals surface area contributed by atoms with Crippen LogP contribution in [0.5, 0.6) is 5.75 Å². The second kappa shape index (κ2) is 7.64. The summed E-state index contributed by atoms with van der Waals surface area (Å²) < 4.78 is 7.18. The molecule has 138 valence electrons. The number of aromatic nitrogens is 1. The SMILES string of the molecule is COc1ccccc1CNC(=O)C1Cn2cccc2C(=O)N1CC(C)C. The molecular formula is C20H25N3O3. The molecule has 1 unspecified atom stereocenters. The summed E-state index contributed by atoms with van der Waals surface area (Å²) in [6.07, 6.45) is 1.85. The smallest absolute Gasteiger partial charge is 0.271 e. The van der Waals surface area contributed by atoms with Crippen LogP contribution in [-0.2, 0) is 17.9 Å². The molecule has 0 aliphatic carbocycles. The number of amides is 2. The zero-order valence-electron chi connectivity index (χ0n) is 15.4. The lowest BCUT2D eigenvalue weighted by atomic mass is 10.1. The van der Waals surface area contributed by atoms with E-state index in [-0.39, 0.29) is 17.7 Å². The van der Waals surface area contributed by atoms with Crippen molar-refractivity contribution in [2.75, 3.05) is 13.7 Å². The summed E-state index contributed by atoms with van der Waals surface area (Å²) in [7, 11) is 1.61. The van der Waals surface area contributed by atoms with Gasteiger partial charge in [-0.2, -0.15) is 0 Å². The molecule has 0 radical (unpaired) electrons. The van der Waals surface area contributed by atoms with E-state index in [1.54, 1.807) is 18.1 Å². The van der Waals surface area contributed by atoms with Gasteiger partial charge in [-0.25, -0.2) is 0 Å². The van der Waals surface area contributed by atoms with Gasteiger partial charge in [0, 0.05) is 24.8 Å². The molecule has 0 spiro atoms. The largest absolute Gasteiger partial charge is 0.496 e. The molecule has 1 atom stereocenters. The van der Waals surface area contributed by atoms with Gasteiger partial charge in [-0.05, 0) is 24.1 Å². The Labute approximate surface area is 153 Å². The fourth-order valence-electron chi connectivity index (χ4n) is 3.32. The average Bonchev–Trinajstić information content (AvgIpc) is 3.10. The van der Waals surface area contributed by atoms with Crippen LogP contribution in [0, 0.1) is 5.92 Å². The third kappa shape index (κ3) is 3.59. The number of nitrogens with one attached hydrogen (secondary N) is 1. The number of benzene rings is 1. The van der Waals surface area contributed by atoms with E-state index in [2.05, 4.69) is 5.32 Å². The standard InChI is InChI=1S/C20H25N3O3/c1-14(2)12-23-17(13-22-10-6-8-16(22)20(23)25)19(24)21-11-15-7-4-5-9-18(15)26-3/h4-10,14,17H,11-13H2,1-3H3,(H,21,24). The predicted octanol–water partition coefficient (Wildman–Crippen LogP) is 2.29. The maximum absolute atomic E-state index is 12.9. The number of ether oxygens (including phenoxy) is 1. The van der Waals surface area contributed by atoms with Crippen LogP contribution >= 0.6 is 0 Å². The Hall–Kier alpha value is -2.76. The van der Waals surface area contributed by atoms with Gasteiger partial charge in [-0.3, -0.25) is 9.59 Å². The van der Waals surface area contributed by atoms with Gasteiger partial charge in [0.2, 0.25) is 5.91 Å². The second-order valence-electron chi connectivity index (χ2n) is 6.94. The maximum atomic E-state index is 12.9. The van der Waals surface area contributed by atoms with E-state index in [0.29, 0.717) is 25.3 Å². The fraction of sp³-hybridized carbons (Fsp3) is 0.400. The van der Waals surface area contributed by atoms with Crippen molar-refractivity contribution < 1.29 is 14.3 Å². The summed E-state index contributed by atoms with van der Waals surface area (Å²) in [5.74, 6) is 0.779. The van der Waals surface area contributed by atoms with E-state index in [1.165, 1.54) is 0 Å². The van der Waals surface area contributed by atoms with Crippen molar-refractivity contribution in [3.8, 4) is 5.75 Å². The predicted molar refractivity (Wildman–Crippen MR) is 98.9 cm³/mol. The van der Waals surface area contributed by atoms with E-state index in [0.717, 1.165) is 11.3 Å². The normalized spacial score (nSPS) is 16.5. The average molecular weight is 355 g/mol. The molecule has 3 rings (SSSR count). The highest BCUT2D eigenvalue weighted by Crippen LogP contribution is 2.21. The van der Waals surface area contributed by atoms with Crippen molar-refractivity contribution >= 4 is 11.8 Å². The second-order valence-corrected chi connectivity index (χ2v) is 6.94. The van der Waals surface area contributed by atoms with Crippen LogP contribution in [0.2, 0.25) is 0 Å². The molecule has 0 bridgehead atoms. The maximum Gasteiger partial charge on any atom is 0.271 e. The first-order valence-electron chi connectivity index (χ1n) is 8.87. The molecule has 0 saturated carbocycles. The first-order chi connectivity index (χ1) is 12.5. The Kier molecular flexibility index (Phi) is 5.30. The number of rotatable bonds is 6. The van der Waals surface area contributed by atoms with Crippen molar-refractivity contribution in [2.24, 2.45) is 5.92 Å². The molecule has 2 aromatic rings. The lowest BCUT2D eigenvalue weighted by molar-refractivity contribution is -0.126. The van der Waals surface area contributed by atoms with Crippen molar-refractivity contribution in [3.05, 3.63) is 53.9 Å². The minimum absolute atomic E-state index is 0.0904. The number of hydrogen-bond donors (Lipinski definition) is 1. The molecule has 2 heterocycles. The lowest BCUT2D eigenvalue weighted by Crippen LogP contribution is -2.55. The van der Waals surface area contributed by atoms with E-state index in [1.807, 2.05) is 54.9 Å². The van der Waals surface area contributed by atoms with E-state index in [4.69, 9.17) is 4.74 Å². The number of carbonyl (C=O) groups is 2. The van der Waals surface area contributed by atoms with Crippen LogP contribution < -0.4 is 10.1 Å². The quantitative estimate of drug-likeness (QED) is 0.865. The van der Waals surface area contributed by atoms with Gasteiger partial charge in [0.1, 0.15) is 17.5 Å². The van der Waals surface area contributed by atoms with Gasteiger partial charge >= 0.3 is 0 Å². The highest BCUT2D eigenvalue weighted by Gasteiger charge is 2.36. The monoisotopic (exact) mass is 355 g/mol. The Morgan fingerprint density at radius 2 is 2.04 bits per heavy atom. The fourth-order valence-corrected chi connectivity index (χ4v) is 3.32. The van der Waals surface area contributed by atoms with Gasteiger partial charge < -0.3 is 19.5 Å². The molecular weight excluding hydrogens is 330 g/mol. The molecule has 1 aliphatic heterocycles. The first-order valence-corrected chi connectivity index (χ1v) is 8.87. The van der Waals surface area contributed by atoms with E-state index >= 15 is 0 Å². The number of carbonyl (C=O) groups excluding carboxylic acids is 2. The molecule has 1 N–H and O–H groups in total. The Balaban J connectivity index is 1.77. The van der Waals surface area contributed by atoms with E-state index in [9.17, 15) is 9.59 Å². The zero-order valence-corrected chi connectivity index (χ0v) is 15.4. The summed E-state index contributed by atoms with van der Waals surface area (Å²) in [4.78, 5) is 27.4. The van der Waals surface area contributed by atoms with Crippen LogP contribution in [-0.4, -0.2) is 41.0 Å². The van der Waals surface area contributed by atoms with Gasteiger partial charge in [-0.1, -0.05) is 32.0 Å². The molecule has 6 heteroatoms. The Morgan fingerprint density at radius 3 is 2.77 bits per heavy atom. The number of hydrogen-bond acceptors (Lipinski definition) is 3. The summed E-state index contributed by atoms with van der Waals surface area (Å²) in [5, 5.41) is 2.96. The van der Waals surface area contributed by atoms with Crippen LogP contribution in [0.4, 0.5) is 0 Å². The van der Waals surface area contributed by atoms with Gasteiger partial charge in [-0.15, -0.1) is 0 Å². The number of nitrogens with zero attached hydrogens (tertiary/aromatic N) is 2. The lowest BCUT2D eigenvalue weighted by Gasteiger charge is -2.36. The van der Waals surface area contributed by atoms with Crippen LogP contribution in [0.1, 0.15) is 29.9 Å². The Bertz CT molecular complexity index is 797. The minimum atomic E-state index is -0.514. The molecule has 1 aromatic carbocycles. The summed E-state index contributed by atoms with van der Waals surface area (Å²) in [5.41, 5.74) is 1.54. The topological polar surface area (TPSA) is 63.6 Å². The van der Waals surface area contributed by atoms with Crippen molar-refractivity contribution in [2.45, 2.75) is 33.0 Å². The Morgan fingerprint density at radius 1 is 1.27 bits per heavy atom. The van der Waals surface area contributed by atoms with Crippen LogP contribution in [0.25, 0.3) is 0 Å². The highest BCUT2D eigenvalue weighted by molar-refractivity contribution is 5.97. The molecule has 2 amide bonds. The van der Waals surface area contributed by atoms with Crippen molar-refractivity contribution in [1.82, 2.24) is 14.8 Å². The zero-order chi connectivity index (χ0) is 18.7. The van der Waals surface area contributed by atoms with Crippen molar-refractivity contribution in [3.63, 3.8) is 0 Å². The summed E-state index contributed by atoms with van der Waals surface area (Å²) in [6, 6.07) is 10.7. The summed E-state index contributed by atoms with van der Waals surface area (Å²) in [6.45, 7) is 5.48. The number of para-hydroxylation sites is 1. The third-order valence-electron chi connectivity index (χ3n) is 4.57. The number of methoxy groups -OCH3 is 1. The van der Waals surface area contributed by atoms with Crippen molar-refractivity contribution in [1.29, 1.82) is 0 Å². The van der Waals surface area contributed by atoms with Gasteiger partial charge in [0.25, 0.3) is 5.91 Å². The number of fused-ring (bicyclic) bond motifs is 1. The van der Waals surface area contributed by atoms with E-state index < -0.39 is 6.04 Å².